The number of ether oxygens (including phenoxy) is 1. The van der Waals surface area contributed by atoms with Crippen molar-refractivity contribution in [1.82, 2.24) is 20.5 Å². The lowest BCUT2D eigenvalue weighted by atomic mass is 10.1. The first-order chi connectivity index (χ1) is 15.0. The lowest BCUT2D eigenvalue weighted by molar-refractivity contribution is -0.127. The molecule has 10 heteroatoms. The molecule has 31 heavy (non-hydrogen) atoms. The van der Waals surface area contributed by atoms with Gasteiger partial charge in [0.2, 0.25) is 5.96 Å². The van der Waals surface area contributed by atoms with Crippen LogP contribution in [0.5, 0.6) is 5.75 Å². The molecule has 2 unspecified atom stereocenters. The van der Waals surface area contributed by atoms with Crippen LogP contribution in [0.1, 0.15) is 11.1 Å². The van der Waals surface area contributed by atoms with Gasteiger partial charge in [-0.2, -0.15) is 5.10 Å². The third-order valence-electron chi connectivity index (χ3n) is 5.10. The van der Waals surface area contributed by atoms with Crippen molar-refractivity contribution in [2.45, 2.75) is 18.8 Å². The van der Waals surface area contributed by atoms with Gasteiger partial charge >= 0.3 is 6.03 Å². The fourth-order valence-electron chi connectivity index (χ4n) is 3.48. The zero-order chi connectivity index (χ0) is 22.0. The number of hydrogen-bond donors (Lipinski definition) is 2. The molecule has 0 bridgehead atoms. The Kier molecular flexibility index (Phi) is 5.90. The van der Waals surface area contributed by atoms with E-state index in [4.69, 9.17) is 4.74 Å². The highest BCUT2D eigenvalue weighted by molar-refractivity contribution is 9.10. The maximum absolute atomic E-state index is 12.6. The number of aliphatic imine (C=N–C) groups is 1. The first-order valence-electron chi connectivity index (χ1n) is 9.56. The van der Waals surface area contributed by atoms with Crippen molar-refractivity contribution in [1.29, 1.82) is 0 Å². The van der Waals surface area contributed by atoms with E-state index in [2.05, 4.69) is 36.8 Å². The normalized spacial score (nSPS) is 20.5. The zero-order valence-corrected chi connectivity index (χ0v) is 18.5. The van der Waals surface area contributed by atoms with Crippen molar-refractivity contribution < 1.29 is 14.3 Å². The van der Waals surface area contributed by atoms with Gasteiger partial charge in [0.05, 0.1) is 13.3 Å². The zero-order valence-electron chi connectivity index (χ0n) is 16.9. The van der Waals surface area contributed by atoms with Gasteiger partial charge in [0.15, 0.2) is 12.2 Å². The van der Waals surface area contributed by atoms with Crippen LogP contribution >= 0.6 is 15.9 Å². The average Bonchev–Trinajstić information content (AvgIpc) is 3.11. The summed E-state index contributed by atoms with van der Waals surface area (Å²) in [6.07, 6.45) is 1.02. The van der Waals surface area contributed by atoms with Crippen molar-refractivity contribution >= 4 is 40.0 Å². The topological polar surface area (TPSA) is 98.6 Å². The molecular weight excluding hydrogens is 464 g/mol. The number of carbonyl (C=O) groups excluding carboxylic acids is 2. The molecule has 1 saturated heterocycles. The highest BCUT2D eigenvalue weighted by Gasteiger charge is 2.48. The number of nitrogens with zero attached hydrogens (tertiary/aromatic N) is 4. The molecule has 160 valence electrons. The van der Waals surface area contributed by atoms with E-state index in [1.807, 2.05) is 53.4 Å². The molecule has 0 aromatic heterocycles. The quantitative estimate of drug-likeness (QED) is 0.500. The maximum atomic E-state index is 12.6. The second kappa shape index (κ2) is 8.76. The van der Waals surface area contributed by atoms with Gasteiger partial charge in [-0.3, -0.25) is 10.1 Å². The summed E-state index contributed by atoms with van der Waals surface area (Å²) in [7, 11) is 3.23. The van der Waals surface area contributed by atoms with E-state index in [0.717, 1.165) is 21.3 Å². The summed E-state index contributed by atoms with van der Waals surface area (Å²) in [4.78, 5) is 32.5. The van der Waals surface area contributed by atoms with Gasteiger partial charge in [0, 0.05) is 18.1 Å². The van der Waals surface area contributed by atoms with E-state index in [1.165, 1.54) is 4.90 Å². The number of methoxy groups -OCH3 is 1. The summed E-state index contributed by atoms with van der Waals surface area (Å²) in [5.74, 6) is 0.785. The molecule has 2 heterocycles. The molecule has 2 N–H and O–H groups in total. The van der Waals surface area contributed by atoms with E-state index in [9.17, 15) is 9.59 Å². The van der Waals surface area contributed by atoms with Crippen LogP contribution in [0, 0.1) is 0 Å². The molecule has 2 aliphatic rings. The number of guanidine groups is 1. The minimum absolute atomic E-state index is 0.386. The number of imide groups is 1. The highest BCUT2D eigenvalue weighted by atomic mass is 79.9. The van der Waals surface area contributed by atoms with Crippen LogP contribution in [0.2, 0.25) is 0 Å². The SMILES string of the molecule is COc1ccc(/C=N\NC2=NC3C(C(=O)NC(=O)N3C)N2Cc2cccc(Br)c2)cc1. The van der Waals surface area contributed by atoms with Crippen LogP contribution in [-0.4, -0.2) is 60.3 Å². The van der Waals surface area contributed by atoms with Crippen molar-refractivity contribution in [3.63, 3.8) is 0 Å². The first-order valence-corrected chi connectivity index (χ1v) is 10.4. The predicted molar refractivity (Wildman–Crippen MR) is 120 cm³/mol. The Balaban J connectivity index is 1.58. The minimum Gasteiger partial charge on any atom is -0.497 e. The van der Waals surface area contributed by atoms with Crippen LogP contribution in [0.25, 0.3) is 0 Å². The standard InChI is InChI=1S/C21H21BrN6O3/c1-27-18-17(19(29)25-21(27)30)28(12-14-4-3-5-15(22)10-14)20(24-18)26-23-11-13-6-8-16(31-2)9-7-13/h3-11,17-18H,12H2,1-2H3,(H,24,26)(H,25,29,30)/b23-11-. The molecule has 2 aromatic rings. The number of rotatable bonds is 5. The highest BCUT2D eigenvalue weighted by Crippen LogP contribution is 2.26. The molecule has 2 aromatic carbocycles. The lowest BCUT2D eigenvalue weighted by Crippen LogP contribution is -2.63. The Labute approximate surface area is 187 Å². The number of amides is 3. The Hall–Kier alpha value is -3.40. The number of fused-ring (bicyclic) bond motifs is 1. The number of nitrogens with one attached hydrogen (secondary N) is 2. The van der Waals surface area contributed by atoms with Gasteiger partial charge in [-0.15, -0.1) is 0 Å². The van der Waals surface area contributed by atoms with E-state index < -0.39 is 18.2 Å². The van der Waals surface area contributed by atoms with Crippen LogP contribution in [-0.2, 0) is 11.3 Å². The molecule has 2 atom stereocenters. The molecule has 4 rings (SSSR count). The molecular formula is C21H21BrN6O3. The third-order valence-corrected chi connectivity index (χ3v) is 5.59. The minimum atomic E-state index is -0.652. The Morgan fingerprint density at radius 1 is 1.26 bits per heavy atom. The number of hydrogen-bond acceptors (Lipinski definition) is 7. The molecule has 3 amide bonds. The van der Waals surface area contributed by atoms with Gasteiger partial charge in [0.1, 0.15) is 5.75 Å². The number of likely N-dealkylation sites (N-methyl/N-ethyl adjacent to an activating group) is 1. The summed E-state index contributed by atoms with van der Waals surface area (Å²) >= 11 is 3.47. The predicted octanol–water partition coefficient (Wildman–Crippen LogP) is 2.13. The van der Waals surface area contributed by atoms with Crippen LogP contribution in [0.15, 0.2) is 63.1 Å². The number of urea groups is 1. The summed E-state index contributed by atoms with van der Waals surface area (Å²) in [6, 6.07) is 14.1. The number of halogens is 1. The molecule has 2 aliphatic heterocycles. The van der Waals surface area contributed by atoms with Gasteiger partial charge in [-0.1, -0.05) is 28.1 Å². The average molecular weight is 485 g/mol. The number of hydrazone groups is 1. The molecule has 9 nitrogen and oxygen atoms in total. The van der Waals surface area contributed by atoms with E-state index in [-0.39, 0.29) is 5.91 Å². The van der Waals surface area contributed by atoms with Gasteiger partial charge in [-0.25, -0.2) is 15.2 Å². The first kappa shape index (κ1) is 20.9. The summed E-state index contributed by atoms with van der Waals surface area (Å²) in [6.45, 7) is 0.417. The summed E-state index contributed by atoms with van der Waals surface area (Å²) in [5, 5.41) is 6.67. The molecule has 1 fully saturated rings. The Bertz CT molecular complexity index is 1060. The van der Waals surface area contributed by atoms with Crippen LogP contribution < -0.4 is 15.5 Å². The van der Waals surface area contributed by atoms with Gasteiger partial charge < -0.3 is 14.5 Å². The number of carbonyl (C=O) groups is 2. The monoisotopic (exact) mass is 484 g/mol. The van der Waals surface area contributed by atoms with E-state index in [0.29, 0.717) is 12.5 Å². The van der Waals surface area contributed by atoms with Crippen molar-refractivity contribution in [3.8, 4) is 5.75 Å². The third kappa shape index (κ3) is 4.38. The molecule has 0 radical (unpaired) electrons. The second-order valence-electron chi connectivity index (χ2n) is 7.12. The Morgan fingerprint density at radius 3 is 2.74 bits per heavy atom. The number of benzene rings is 2. The summed E-state index contributed by atoms with van der Waals surface area (Å²) < 4.78 is 6.09. The largest absolute Gasteiger partial charge is 0.497 e. The van der Waals surface area contributed by atoms with Crippen molar-refractivity contribution in [2.75, 3.05) is 14.2 Å². The van der Waals surface area contributed by atoms with Crippen molar-refractivity contribution in [3.05, 3.63) is 64.1 Å². The fraction of sp³-hybridized carbons (Fsp3) is 0.238. The second-order valence-corrected chi connectivity index (χ2v) is 8.03. The molecule has 0 saturated carbocycles. The van der Waals surface area contributed by atoms with Crippen LogP contribution in [0.4, 0.5) is 4.79 Å². The molecule has 0 aliphatic carbocycles. The van der Waals surface area contributed by atoms with Crippen LogP contribution in [0.3, 0.4) is 0 Å². The van der Waals surface area contributed by atoms with Gasteiger partial charge in [-0.05, 0) is 47.5 Å². The van der Waals surface area contributed by atoms with E-state index in [1.54, 1.807) is 20.4 Å². The fourth-order valence-corrected chi connectivity index (χ4v) is 3.93. The molecule has 0 spiro atoms. The Morgan fingerprint density at radius 2 is 2.03 bits per heavy atom. The smallest absolute Gasteiger partial charge is 0.325 e. The summed E-state index contributed by atoms with van der Waals surface area (Å²) in [5.41, 5.74) is 4.79. The maximum Gasteiger partial charge on any atom is 0.325 e. The lowest BCUT2D eigenvalue weighted by Gasteiger charge is -2.36. The van der Waals surface area contributed by atoms with E-state index >= 15 is 0 Å². The van der Waals surface area contributed by atoms with Crippen molar-refractivity contribution in [2.24, 2.45) is 10.1 Å². The van der Waals surface area contributed by atoms with Gasteiger partial charge in [0.25, 0.3) is 5.91 Å².